The van der Waals surface area contributed by atoms with Crippen molar-refractivity contribution in [3.63, 3.8) is 0 Å². The van der Waals surface area contributed by atoms with E-state index in [0.717, 1.165) is 36.0 Å². The predicted molar refractivity (Wildman–Crippen MR) is 96.8 cm³/mol. The number of benzene rings is 1. The molecule has 1 aliphatic rings. The molecule has 8 heteroatoms. The number of piperidine rings is 1. The Morgan fingerprint density at radius 3 is 2.80 bits per heavy atom. The van der Waals surface area contributed by atoms with Crippen molar-refractivity contribution in [1.29, 1.82) is 0 Å². The molecule has 2 aromatic heterocycles. The van der Waals surface area contributed by atoms with Gasteiger partial charge < -0.3 is 15.4 Å². The Labute approximate surface area is 149 Å². The summed E-state index contributed by atoms with van der Waals surface area (Å²) in [4.78, 5) is 7.35. The van der Waals surface area contributed by atoms with Gasteiger partial charge in [0.1, 0.15) is 17.3 Å². The Kier molecular flexibility index (Phi) is 3.88. The van der Waals surface area contributed by atoms with E-state index in [4.69, 9.17) is 10.5 Å². The van der Waals surface area contributed by atoms with Crippen LogP contribution < -0.4 is 15.4 Å². The zero-order valence-corrected chi connectivity index (χ0v) is 15.0. The number of fused-ring (bicyclic) bond motifs is 1. The average Bonchev–Trinajstić information content (AvgIpc) is 3.15. The molecule has 3 aromatic rings. The zero-order valence-electron chi connectivity index (χ0n) is 14.2. The van der Waals surface area contributed by atoms with E-state index in [0.29, 0.717) is 17.0 Å². The third kappa shape index (κ3) is 2.85. The van der Waals surface area contributed by atoms with Gasteiger partial charge in [-0.25, -0.2) is 13.9 Å². The van der Waals surface area contributed by atoms with Crippen LogP contribution in [0.2, 0.25) is 0 Å². The van der Waals surface area contributed by atoms with Gasteiger partial charge >= 0.3 is 0 Å². The minimum atomic E-state index is -0.354. The van der Waals surface area contributed by atoms with Crippen molar-refractivity contribution in [3.05, 3.63) is 30.2 Å². The molecule has 4 rings (SSSR count). The standard InChI is InChI=1S/C17H20FN5OS/c1-17(19)6-8-22(9-7-17)16-21-23-12(10-20-15(23)25-16)14-11(18)4-3-5-13(14)24-2/h3-5,10H,6-9,19H2,1-2H3. The molecular formula is C17H20FN5OS. The summed E-state index contributed by atoms with van der Waals surface area (Å²) in [6.07, 6.45) is 3.47. The maximum Gasteiger partial charge on any atom is 0.214 e. The molecule has 1 fully saturated rings. The monoisotopic (exact) mass is 361 g/mol. The van der Waals surface area contributed by atoms with Gasteiger partial charge in [0, 0.05) is 18.6 Å². The van der Waals surface area contributed by atoms with Gasteiger partial charge in [0.25, 0.3) is 0 Å². The summed E-state index contributed by atoms with van der Waals surface area (Å²) in [7, 11) is 1.53. The third-order valence-electron chi connectivity index (χ3n) is 4.70. The second-order valence-corrected chi connectivity index (χ2v) is 7.62. The van der Waals surface area contributed by atoms with E-state index in [1.54, 1.807) is 22.8 Å². The molecule has 0 atom stereocenters. The number of imidazole rings is 1. The lowest BCUT2D eigenvalue weighted by molar-refractivity contribution is 0.363. The van der Waals surface area contributed by atoms with E-state index in [9.17, 15) is 4.39 Å². The number of hydrogen-bond acceptors (Lipinski definition) is 6. The molecule has 0 aliphatic carbocycles. The first-order chi connectivity index (χ1) is 12.0. The van der Waals surface area contributed by atoms with Crippen LogP contribution in [0.5, 0.6) is 5.75 Å². The van der Waals surface area contributed by atoms with Crippen LogP contribution >= 0.6 is 11.3 Å². The van der Waals surface area contributed by atoms with Crippen LogP contribution in [-0.4, -0.2) is 40.3 Å². The molecule has 0 saturated carbocycles. The van der Waals surface area contributed by atoms with Gasteiger partial charge in [0.15, 0.2) is 0 Å². The van der Waals surface area contributed by atoms with Crippen LogP contribution in [-0.2, 0) is 0 Å². The van der Waals surface area contributed by atoms with Gasteiger partial charge in [-0.2, -0.15) is 0 Å². The largest absolute Gasteiger partial charge is 0.496 e. The van der Waals surface area contributed by atoms with Gasteiger partial charge in [-0.05, 0) is 31.9 Å². The second-order valence-electron chi connectivity index (χ2n) is 6.68. The van der Waals surface area contributed by atoms with Gasteiger partial charge in [-0.1, -0.05) is 17.4 Å². The van der Waals surface area contributed by atoms with Crippen LogP contribution in [0.4, 0.5) is 9.52 Å². The van der Waals surface area contributed by atoms with Gasteiger partial charge in [0.05, 0.1) is 18.9 Å². The summed E-state index contributed by atoms with van der Waals surface area (Å²) in [5.41, 5.74) is 7.06. The van der Waals surface area contributed by atoms with E-state index in [2.05, 4.69) is 21.9 Å². The molecule has 1 saturated heterocycles. The molecular weight excluding hydrogens is 341 g/mol. The Hall–Kier alpha value is -2.19. The van der Waals surface area contributed by atoms with Crippen molar-refractivity contribution >= 4 is 21.4 Å². The van der Waals surface area contributed by atoms with E-state index in [1.807, 2.05) is 0 Å². The number of nitrogens with two attached hydrogens (primary N) is 1. The van der Waals surface area contributed by atoms with Crippen LogP contribution in [0.15, 0.2) is 24.4 Å². The van der Waals surface area contributed by atoms with Gasteiger partial charge in [-0.3, -0.25) is 0 Å². The van der Waals surface area contributed by atoms with E-state index < -0.39 is 0 Å². The van der Waals surface area contributed by atoms with Crippen molar-refractivity contribution in [3.8, 4) is 17.0 Å². The number of aromatic nitrogens is 3. The van der Waals surface area contributed by atoms with Crippen molar-refractivity contribution in [2.45, 2.75) is 25.3 Å². The molecule has 1 aromatic carbocycles. The summed E-state index contributed by atoms with van der Waals surface area (Å²) >= 11 is 1.50. The fourth-order valence-corrected chi connectivity index (χ4v) is 4.04. The minimum absolute atomic E-state index is 0.112. The van der Waals surface area contributed by atoms with Gasteiger partial charge in [0.2, 0.25) is 10.1 Å². The smallest absolute Gasteiger partial charge is 0.214 e. The first kappa shape index (κ1) is 16.3. The van der Waals surface area contributed by atoms with Crippen LogP contribution in [0.25, 0.3) is 16.2 Å². The number of anilines is 1. The zero-order chi connectivity index (χ0) is 17.6. The SMILES string of the molecule is COc1cccc(F)c1-c1cnc2sc(N3CCC(C)(N)CC3)nn12. The number of hydrogen-bond donors (Lipinski definition) is 1. The fourth-order valence-electron chi connectivity index (χ4n) is 3.11. The minimum Gasteiger partial charge on any atom is -0.496 e. The molecule has 25 heavy (non-hydrogen) atoms. The molecule has 2 N–H and O–H groups in total. The quantitative estimate of drug-likeness (QED) is 0.777. The Balaban J connectivity index is 1.73. The molecule has 0 unspecified atom stereocenters. The second kappa shape index (κ2) is 5.96. The number of halogens is 1. The molecule has 3 heterocycles. The van der Waals surface area contributed by atoms with Gasteiger partial charge in [-0.15, -0.1) is 5.10 Å². The highest BCUT2D eigenvalue weighted by atomic mass is 32.1. The molecule has 132 valence electrons. The maximum absolute atomic E-state index is 14.4. The highest BCUT2D eigenvalue weighted by molar-refractivity contribution is 7.20. The molecule has 6 nitrogen and oxygen atoms in total. The lowest BCUT2D eigenvalue weighted by Gasteiger charge is -2.36. The van der Waals surface area contributed by atoms with Crippen LogP contribution in [0.3, 0.4) is 0 Å². The third-order valence-corrected chi connectivity index (χ3v) is 5.69. The molecule has 0 amide bonds. The van der Waals surface area contributed by atoms with Crippen molar-refractivity contribution in [2.24, 2.45) is 5.73 Å². The normalized spacial score (nSPS) is 17.2. The van der Waals surface area contributed by atoms with Crippen LogP contribution in [0, 0.1) is 5.82 Å². The number of methoxy groups -OCH3 is 1. The molecule has 0 spiro atoms. The molecule has 0 radical (unpaired) electrons. The van der Waals surface area contributed by atoms with Crippen LogP contribution in [0.1, 0.15) is 19.8 Å². The lowest BCUT2D eigenvalue weighted by atomic mass is 9.91. The Morgan fingerprint density at radius 1 is 1.32 bits per heavy atom. The average molecular weight is 361 g/mol. The van der Waals surface area contributed by atoms with Crippen molar-refractivity contribution in [2.75, 3.05) is 25.1 Å². The Bertz CT molecular complexity index is 909. The van der Waals surface area contributed by atoms with E-state index in [1.165, 1.54) is 24.5 Å². The predicted octanol–water partition coefficient (Wildman–Crippen LogP) is 2.92. The summed E-state index contributed by atoms with van der Waals surface area (Å²) in [6, 6.07) is 4.77. The number of nitrogens with zero attached hydrogens (tertiary/aromatic N) is 4. The van der Waals surface area contributed by atoms with Crippen molar-refractivity contribution < 1.29 is 9.13 Å². The van der Waals surface area contributed by atoms with Crippen molar-refractivity contribution in [1.82, 2.24) is 14.6 Å². The summed E-state index contributed by atoms with van der Waals surface area (Å²) in [5, 5.41) is 5.56. The highest BCUT2D eigenvalue weighted by Crippen LogP contribution is 2.35. The Morgan fingerprint density at radius 2 is 2.08 bits per heavy atom. The number of ether oxygens (including phenoxy) is 1. The first-order valence-electron chi connectivity index (χ1n) is 8.20. The summed E-state index contributed by atoms with van der Waals surface area (Å²) < 4.78 is 21.4. The summed E-state index contributed by atoms with van der Waals surface area (Å²) in [5.74, 6) is 0.112. The van der Waals surface area contributed by atoms with E-state index in [-0.39, 0.29) is 11.4 Å². The molecule has 1 aliphatic heterocycles. The highest BCUT2D eigenvalue weighted by Gasteiger charge is 2.28. The number of rotatable bonds is 3. The maximum atomic E-state index is 14.4. The topological polar surface area (TPSA) is 68.7 Å². The fraction of sp³-hybridized carbons (Fsp3) is 0.412. The lowest BCUT2D eigenvalue weighted by Crippen LogP contribution is -2.48. The first-order valence-corrected chi connectivity index (χ1v) is 9.01. The molecule has 0 bridgehead atoms. The summed E-state index contributed by atoms with van der Waals surface area (Å²) in [6.45, 7) is 3.81. The van der Waals surface area contributed by atoms with E-state index >= 15 is 0 Å².